The van der Waals surface area contributed by atoms with Crippen molar-refractivity contribution in [2.75, 3.05) is 26.2 Å². The van der Waals surface area contributed by atoms with Crippen LogP contribution in [0.3, 0.4) is 0 Å². The first-order valence-corrected chi connectivity index (χ1v) is 9.38. The third-order valence-corrected chi connectivity index (χ3v) is 5.25. The monoisotopic (exact) mass is 323 g/mol. The van der Waals surface area contributed by atoms with E-state index in [2.05, 4.69) is 17.6 Å². The summed E-state index contributed by atoms with van der Waals surface area (Å²) in [6, 6.07) is 0.137. The Labute approximate surface area is 140 Å². The Kier molecular flexibility index (Phi) is 7.34. The molecule has 2 amide bonds. The van der Waals surface area contributed by atoms with Crippen LogP contribution in [0, 0.1) is 11.8 Å². The molecule has 3 unspecified atom stereocenters. The fourth-order valence-corrected chi connectivity index (χ4v) is 3.78. The van der Waals surface area contributed by atoms with E-state index in [-0.39, 0.29) is 17.9 Å². The van der Waals surface area contributed by atoms with Gasteiger partial charge in [-0.05, 0) is 57.0 Å². The molecule has 0 radical (unpaired) electrons. The molecule has 0 aliphatic carbocycles. The van der Waals surface area contributed by atoms with Crippen molar-refractivity contribution in [1.82, 2.24) is 15.5 Å². The first-order valence-electron chi connectivity index (χ1n) is 9.38. The van der Waals surface area contributed by atoms with Crippen molar-refractivity contribution < 1.29 is 9.59 Å². The van der Waals surface area contributed by atoms with Crippen molar-refractivity contribution in [2.24, 2.45) is 11.8 Å². The Bertz CT molecular complexity index is 394. The number of amides is 2. The summed E-state index contributed by atoms with van der Waals surface area (Å²) in [5.74, 6) is 1.44. The number of nitrogens with zero attached hydrogens (tertiary/aromatic N) is 1. The highest BCUT2D eigenvalue weighted by Crippen LogP contribution is 2.24. The zero-order chi connectivity index (χ0) is 16.7. The van der Waals surface area contributed by atoms with Gasteiger partial charge >= 0.3 is 0 Å². The summed E-state index contributed by atoms with van der Waals surface area (Å²) in [5.41, 5.74) is 0. The van der Waals surface area contributed by atoms with E-state index in [4.69, 9.17) is 0 Å². The molecule has 0 saturated carbocycles. The molecule has 2 heterocycles. The van der Waals surface area contributed by atoms with Crippen LogP contribution >= 0.6 is 0 Å². The lowest BCUT2D eigenvalue weighted by molar-refractivity contribution is -0.134. The van der Waals surface area contributed by atoms with E-state index < -0.39 is 0 Å². The summed E-state index contributed by atoms with van der Waals surface area (Å²) in [6.45, 7) is 7.91. The third-order valence-electron chi connectivity index (χ3n) is 5.25. The Morgan fingerprint density at radius 2 is 2.13 bits per heavy atom. The van der Waals surface area contributed by atoms with E-state index in [0.717, 1.165) is 38.9 Å². The van der Waals surface area contributed by atoms with Crippen LogP contribution in [-0.4, -0.2) is 48.9 Å². The molecule has 0 aromatic rings. The molecule has 2 rings (SSSR count). The van der Waals surface area contributed by atoms with E-state index >= 15 is 0 Å². The van der Waals surface area contributed by atoms with Crippen LogP contribution < -0.4 is 10.6 Å². The van der Waals surface area contributed by atoms with Gasteiger partial charge < -0.3 is 15.5 Å². The first kappa shape index (κ1) is 18.2. The van der Waals surface area contributed by atoms with Crippen molar-refractivity contribution in [1.29, 1.82) is 0 Å². The molecule has 0 spiro atoms. The van der Waals surface area contributed by atoms with Crippen LogP contribution in [0.5, 0.6) is 0 Å². The van der Waals surface area contributed by atoms with Crippen LogP contribution in [0.15, 0.2) is 0 Å². The van der Waals surface area contributed by atoms with Crippen LogP contribution in [0.2, 0.25) is 0 Å². The second-order valence-corrected chi connectivity index (χ2v) is 7.28. The fraction of sp³-hybridized carbons (Fsp3) is 0.889. The smallest absolute Gasteiger partial charge is 0.222 e. The quantitative estimate of drug-likeness (QED) is 0.785. The molecule has 2 fully saturated rings. The summed E-state index contributed by atoms with van der Waals surface area (Å²) in [5, 5.41) is 6.52. The largest absolute Gasteiger partial charge is 0.352 e. The second kappa shape index (κ2) is 9.26. The normalized spacial score (nSPS) is 26.6. The number of carbonyl (C=O) groups is 2. The maximum Gasteiger partial charge on any atom is 0.222 e. The number of piperidine rings is 2. The third kappa shape index (κ3) is 5.79. The maximum absolute atomic E-state index is 12.6. The van der Waals surface area contributed by atoms with Crippen molar-refractivity contribution >= 4 is 11.8 Å². The molecule has 0 aromatic carbocycles. The summed E-state index contributed by atoms with van der Waals surface area (Å²) in [6.07, 6.45) is 6.52. The van der Waals surface area contributed by atoms with Crippen LogP contribution in [0.4, 0.5) is 0 Å². The Hall–Kier alpha value is -1.10. The van der Waals surface area contributed by atoms with Crippen LogP contribution in [0.25, 0.3) is 0 Å². The summed E-state index contributed by atoms with van der Waals surface area (Å²) >= 11 is 0. The van der Waals surface area contributed by atoms with Gasteiger partial charge in [0.1, 0.15) is 0 Å². The van der Waals surface area contributed by atoms with Crippen molar-refractivity contribution in [3.05, 3.63) is 0 Å². The molecule has 0 aromatic heterocycles. The van der Waals surface area contributed by atoms with E-state index in [1.54, 1.807) is 0 Å². The average molecular weight is 323 g/mol. The topological polar surface area (TPSA) is 61.4 Å². The zero-order valence-electron chi connectivity index (χ0n) is 14.8. The Morgan fingerprint density at radius 3 is 2.83 bits per heavy atom. The minimum atomic E-state index is 0.119. The molecular weight excluding hydrogens is 290 g/mol. The predicted octanol–water partition coefficient (Wildman–Crippen LogP) is 1.92. The summed E-state index contributed by atoms with van der Waals surface area (Å²) in [4.78, 5) is 26.3. The highest BCUT2D eigenvalue weighted by molar-refractivity contribution is 5.78. The maximum atomic E-state index is 12.6. The van der Waals surface area contributed by atoms with Gasteiger partial charge in [-0.3, -0.25) is 9.59 Å². The SMILES string of the molecule is CCCC(=O)NC1CCCN(C(=O)CC(C)C2CCCNC2)C1. The van der Waals surface area contributed by atoms with E-state index in [1.807, 2.05) is 11.8 Å². The van der Waals surface area contributed by atoms with Crippen molar-refractivity contribution in [3.63, 3.8) is 0 Å². The number of likely N-dealkylation sites (tertiary alicyclic amines) is 1. The molecule has 23 heavy (non-hydrogen) atoms. The number of hydrogen-bond acceptors (Lipinski definition) is 3. The first-order chi connectivity index (χ1) is 11.1. The van der Waals surface area contributed by atoms with E-state index in [0.29, 0.717) is 31.2 Å². The number of rotatable bonds is 6. The molecular formula is C18H33N3O2. The molecule has 5 heteroatoms. The number of carbonyl (C=O) groups excluding carboxylic acids is 2. The second-order valence-electron chi connectivity index (χ2n) is 7.28. The molecule has 0 bridgehead atoms. The van der Waals surface area contributed by atoms with Gasteiger partial charge in [0.05, 0.1) is 0 Å². The lowest BCUT2D eigenvalue weighted by Crippen LogP contribution is -2.50. The highest BCUT2D eigenvalue weighted by Gasteiger charge is 2.28. The minimum Gasteiger partial charge on any atom is -0.352 e. The fourth-order valence-electron chi connectivity index (χ4n) is 3.78. The molecule has 2 aliphatic rings. The number of nitrogens with one attached hydrogen (secondary N) is 2. The molecule has 2 saturated heterocycles. The van der Waals surface area contributed by atoms with Gasteiger partial charge in [0, 0.05) is 32.0 Å². The van der Waals surface area contributed by atoms with Gasteiger partial charge in [0.2, 0.25) is 11.8 Å². The molecule has 2 N–H and O–H groups in total. The predicted molar refractivity (Wildman–Crippen MR) is 92.0 cm³/mol. The summed E-state index contributed by atoms with van der Waals surface area (Å²) < 4.78 is 0. The van der Waals surface area contributed by atoms with Gasteiger partial charge in [0.25, 0.3) is 0 Å². The summed E-state index contributed by atoms with van der Waals surface area (Å²) in [7, 11) is 0. The molecule has 132 valence electrons. The van der Waals surface area contributed by atoms with Crippen LogP contribution in [0.1, 0.15) is 58.8 Å². The highest BCUT2D eigenvalue weighted by atomic mass is 16.2. The Morgan fingerprint density at radius 1 is 1.30 bits per heavy atom. The molecule has 3 atom stereocenters. The lowest BCUT2D eigenvalue weighted by Gasteiger charge is -2.35. The van der Waals surface area contributed by atoms with E-state index in [9.17, 15) is 9.59 Å². The van der Waals surface area contributed by atoms with E-state index in [1.165, 1.54) is 12.8 Å². The van der Waals surface area contributed by atoms with Gasteiger partial charge in [-0.2, -0.15) is 0 Å². The number of hydrogen-bond donors (Lipinski definition) is 2. The average Bonchev–Trinajstić information content (AvgIpc) is 2.56. The molecule has 2 aliphatic heterocycles. The van der Waals surface area contributed by atoms with Crippen LogP contribution in [-0.2, 0) is 9.59 Å². The zero-order valence-corrected chi connectivity index (χ0v) is 14.8. The Balaban J connectivity index is 1.78. The van der Waals surface area contributed by atoms with Gasteiger partial charge in [-0.25, -0.2) is 0 Å². The lowest BCUT2D eigenvalue weighted by atomic mass is 9.85. The van der Waals surface area contributed by atoms with Crippen molar-refractivity contribution in [3.8, 4) is 0 Å². The molecule has 5 nitrogen and oxygen atoms in total. The van der Waals surface area contributed by atoms with Gasteiger partial charge in [-0.1, -0.05) is 13.8 Å². The van der Waals surface area contributed by atoms with Gasteiger partial charge in [-0.15, -0.1) is 0 Å². The minimum absolute atomic E-state index is 0.119. The van der Waals surface area contributed by atoms with Gasteiger partial charge in [0.15, 0.2) is 0 Å². The van der Waals surface area contributed by atoms with Crippen molar-refractivity contribution in [2.45, 2.75) is 64.8 Å². The standard InChI is InChI=1S/C18H33N3O2/c1-3-6-17(22)20-16-8-5-10-21(13-16)18(23)11-14(2)15-7-4-9-19-12-15/h14-16,19H,3-13H2,1-2H3,(H,20,22).